The SMILES string of the molecule is CNS(=O)(=O)c1cc(CN(C)C)cc(O)c1O. The number of benzene rings is 1. The molecule has 0 saturated carbocycles. The lowest BCUT2D eigenvalue weighted by Crippen LogP contribution is -2.19. The molecule has 1 aromatic carbocycles. The molecule has 17 heavy (non-hydrogen) atoms. The second-order valence-electron chi connectivity index (χ2n) is 3.91. The Morgan fingerprint density at radius 1 is 1.29 bits per heavy atom. The molecular formula is C10H16N2O4S. The standard InChI is InChI=1S/C10H16N2O4S/c1-11-17(15,16)9-5-7(6-12(2)3)4-8(13)10(9)14/h4-5,11,13-14H,6H2,1-3H3. The van der Waals surface area contributed by atoms with Crippen LogP contribution >= 0.6 is 0 Å². The molecule has 0 unspecified atom stereocenters. The molecule has 0 spiro atoms. The molecule has 0 aliphatic rings. The molecule has 0 bridgehead atoms. The van der Waals surface area contributed by atoms with E-state index in [4.69, 9.17) is 0 Å². The molecule has 0 fully saturated rings. The van der Waals surface area contributed by atoms with E-state index >= 15 is 0 Å². The summed E-state index contributed by atoms with van der Waals surface area (Å²) in [5.41, 5.74) is 0.596. The van der Waals surface area contributed by atoms with Crippen molar-refractivity contribution < 1.29 is 18.6 Å². The monoisotopic (exact) mass is 260 g/mol. The molecule has 0 atom stereocenters. The summed E-state index contributed by atoms with van der Waals surface area (Å²) in [5.74, 6) is -1.08. The third-order valence-electron chi connectivity index (χ3n) is 2.17. The lowest BCUT2D eigenvalue weighted by molar-refractivity contribution is 0.382. The van der Waals surface area contributed by atoms with Gasteiger partial charge in [0.15, 0.2) is 11.5 Å². The van der Waals surface area contributed by atoms with Gasteiger partial charge in [0, 0.05) is 6.54 Å². The van der Waals surface area contributed by atoms with Gasteiger partial charge in [-0.1, -0.05) is 0 Å². The van der Waals surface area contributed by atoms with Gasteiger partial charge in [-0.3, -0.25) is 0 Å². The highest BCUT2D eigenvalue weighted by Crippen LogP contribution is 2.33. The zero-order valence-corrected chi connectivity index (χ0v) is 10.7. The molecule has 3 N–H and O–H groups in total. The van der Waals surface area contributed by atoms with Crippen LogP contribution in [0.3, 0.4) is 0 Å². The van der Waals surface area contributed by atoms with Crippen LogP contribution in [0.1, 0.15) is 5.56 Å². The van der Waals surface area contributed by atoms with Crippen LogP contribution in [0.2, 0.25) is 0 Å². The molecule has 0 saturated heterocycles. The van der Waals surface area contributed by atoms with E-state index in [1.807, 2.05) is 19.0 Å². The van der Waals surface area contributed by atoms with Gasteiger partial charge < -0.3 is 15.1 Å². The van der Waals surface area contributed by atoms with Crippen LogP contribution in [0, 0.1) is 0 Å². The molecule has 96 valence electrons. The lowest BCUT2D eigenvalue weighted by Gasteiger charge is -2.13. The average Bonchev–Trinajstić information content (AvgIpc) is 2.22. The van der Waals surface area contributed by atoms with Crippen molar-refractivity contribution in [1.29, 1.82) is 0 Å². The summed E-state index contributed by atoms with van der Waals surface area (Å²) in [7, 11) is 1.08. The molecule has 0 amide bonds. The van der Waals surface area contributed by atoms with E-state index in [2.05, 4.69) is 4.72 Å². The van der Waals surface area contributed by atoms with Gasteiger partial charge in [-0.2, -0.15) is 0 Å². The van der Waals surface area contributed by atoms with Crippen LogP contribution in [0.5, 0.6) is 11.5 Å². The minimum absolute atomic E-state index is 0.322. The van der Waals surface area contributed by atoms with E-state index in [1.54, 1.807) is 0 Å². The predicted molar refractivity (Wildman–Crippen MR) is 63.4 cm³/mol. The Bertz CT molecular complexity index is 511. The van der Waals surface area contributed by atoms with Crippen molar-refractivity contribution in [3.8, 4) is 11.5 Å². The van der Waals surface area contributed by atoms with Gasteiger partial charge in [-0.25, -0.2) is 13.1 Å². The first-order valence-corrected chi connectivity index (χ1v) is 6.39. The summed E-state index contributed by atoms with van der Waals surface area (Å²) in [6, 6.07) is 2.67. The van der Waals surface area contributed by atoms with Crippen molar-refractivity contribution in [3.05, 3.63) is 17.7 Å². The molecule has 0 aliphatic carbocycles. The molecule has 0 radical (unpaired) electrons. The van der Waals surface area contributed by atoms with Gasteiger partial charge in [0.2, 0.25) is 10.0 Å². The Labute approximate surface area is 101 Å². The number of phenolic OH excluding ortho intramolecular Hbond substituents is 2. The van der Waals surface area contributed by atoms with Crippen molar-refractivity contribution in [1.82, 2.24) is 9.62 Å². The summed E-state index contributed by atoms with van der Waals surface area (Å²) in [6.45, 7) is 0.458. The first kappa shape index (κ1) is 13.8. The van der Waals surface area contributed by atoms with E-state index in [1.165, 1.54) is 19.2 Å². The fourth-order valence-corrected chi connectivity index (χ4v) is 2.31. The van der Waals surface area contributed by atoms with Gasteiger partial charge in [-0.15, -0.1) is 0 Å². The number of hydrogen-bond acceptors (Lipinski definition) is 5. The fraction of sp³-hybridized carbons (Fsp3) is 0.400. The molecule has 1 aromatic rings. The minimum atomic E-state index is -3.79. The van der Waals surface area contributed by atoms with Crippen LogP contribution in [0.4, 0.5) is 0 Å². The zero-order chi connectivity index (χ0) is 13.2. The number of nitrogens with one attached hydrogen (secondary N) is 1. The van der Waals surface area contributed by atoms with Gasteiger partial charge >= 0.3 is 0 Å². The second kappa shape index (κ2) is 4.91. The molecule has 6 nitrogen and oxygen atoms in total. The molecule has 0 aliphatic heterocycles. The highest BCUT2D eigenvalue weighted by Gasteiger charge is 2.20. The number of nitrogens with zero attached hydrogens (tertiary/aromatic N) is 1. The molecule has 1 rings (SSSR count). The lowest BCUT2D eigenvalue weighted by atomic mass is 10.2. The topological polar surface area (TPSA) is 89.9 Å². The number of sulfonamides is 1. The maximum atomic E-state index is 11.6. The average molecular weight is 260 g/mol. The molecule has 7 heteroatoms. The van der Waals surface area contributed by atoms with Gasteiger partial charge in [0.1, 0.15) is 4.90 Å². The van der Waals surface area contributed by atoms with Crippen molar-refractivity contribution in [2.24, 2.45) is 0 Å². The van der Waals surface area contributed by atoms with Crippen LogP contribution in [0.15, 0.2) is 17.0 Å². The van der Waals surface area contributed by atoms with E-state index in [0.29, 0.717) is 12.1 Å². The Morgan fingerprint density at radius 2 is 1.88 bits per heavy atom. The highest BCUT2D eigenvalue weighted by molar-refractivity contribution is 7.89. The van der Waals surface area contributed by atoms with Crippen molar-refractivity contribution in [3.63, 3.8) is 0 Å². The number of phenols is 2. The van der Waals surface area contributed by atoms with Crippen LogP contribution in [0.25, 0.3) is 0 Å². The predicted octanol–water partition coefficient (Wildman–Crippen LogP) is 0.0675. The Hall–Kier alpha value is -1.31. The maximum Gasteiger partial charge on any atom is 0.244 e. The van der Waals surface area contributed by atoms with Crippen LogP contribution < -0.4 is 4.72 Å². The molecule has 0 aromatic heterocycles. The summed E-state index contributed by atoms with van der Waals surface area (Å²) < 4.78 is 25.3. The number of rotatable bonds is 4. The van der Waals surface area contributed by atoms with Crippen molar-refractivity contribution in [2.45, 2.75) is 11.4 Å². The fourth-order valence-electron chi connectivity index (χ4n) is 1.42. The second-order valence-corrected chi connectivity index (χ2v) is 5.76. The summed E-state index contributed by atoms with van der Waals surface area (Å²) in [6.07, 6.45) is 0. The maximum absolute atomic E-state index is 11.6. The summed E-state index contributed by atoms with van der Waals surface area (Å²) in [5, 5.41) is 19.0. The van der Waals surface area contributed by atoms with Crippen LogP contribution in [-0.2, 0) is 16.6 Å². The third-order valence-corrected chi connectivity index (χ3v) is 3.60. The zero-order valence-electron chi connectivity index (χ0n) is 9.93. The Morgan fingerprint density at radius 3 is 2.35 bits per heavy atom. The quantitative estimate of drug-likeness (QED) is 0.666. The third kappa shape index (κ3) is 3.09. The Balaban J connectivity index is 3.35. The van der Waals surface area contributed by atoms with Gasteiger partial charge in [-0.05, 0) is 38.8 Å². The first-order valence-electron chi connectivity index (χ1n) is 4.91. The van der Waals surface area contributed by atoms with E-state index in [0.717, 1.165) is 0 Å². The van der Waals surface area contributed by atoms with Crippen LogP contribution in [-0.4, -0.2) is 44.7 Å². The normalized spacial score (nSPS) is 12.0. The highest BCUT2D eigenvalue weighted by atomic mass is 32.2. The van der Waals surface area contributed by atoms with Crippen molar-refractivity contribution in [2.75, 3.05) is 21.1 Å². The largest absolute Gasteiger partial charge is 0.504 e. The van der Waals surface area contributed by atoms with Crippen molar-refractivity contribution >= 4 is 10.0 Å². The summed E-state index contributed by atoms with van der Waals surface area (Å²) in [4.78, 5) is 1.50. The number of hydrogen-bond donors (Lipinski definition) is 3. The van der Waals surface area contributed by atoms with E-state index < -0.39 is 21.5 Å². The summed E-state index contributed by atoms with van der Waals surface area (Å²) >= 11 is 0. The number of aromatic hydroxyl groups is 2. The Kier molecular flexibility index (Phi) is 3.97. The smallest absolute Gasteiger partial charge is 0.244 e. The van der Waals surface area contributed by atoms with E-state index in [9.17, 15) is 18.6 Å². The minimum Gasteiger partial charge on any atom is -0.504 e. The van der Waals surface area contributed by atoms with Gasteiger partial charge in [0.05, 0.1) is 0 Å². The molecule has 0 heterocycles. The molecular weight excluding hydrogens is 244 g/mol. The van der Waals surface area contributed by atoms with E-state index in [-0.39, 0.29) is 4.90 Å². The van der Waals surface area contributed by atoms with Gasteiger partial charge in [0.25, 0.3) is 0 Å². The first-order chi connectivity index (χ1) is 7.77.